The topological polar surface area (TPSA) is 71.8 Å². The van der Waals surface area contributed by atoms with Gasteiger partial charge in [0.25, 0.3) is 0 Å². The van der Waals surface area contributed by atoms with Gasteiger partial charge in [0.1, 0.15) is 11.6 Å². The second kappa shape index (κ2) is 6.16. The molecule has 0 atom stereocenters. The largest absolute Gasteiger partial charge is 0.361 e. The lowest BCUT2D eigenvalue weighted by Gasteiger charge is -2.08. The third-order valence-electron chi connectivity index (χ3n) is 5.49. The minimum Gasteiger partial charge on any atom is -0.361 e. The average molecular weight is 371 g/mol. The highest BCUT2D eigenvalue weighted by atomic mass is 16.5. The summed E-state index contributed by atoms with van der Waals surface area (Å²) in [7, 11) is 0. The lowest BCUT2D eigenvalue weighted by molar-refractivity contribution is 0.101. The van der Waals surface area contributed by atoms with Gasteiger partial charge in [-0.15, -0.1) is 0 Å². The Morgan fingerprint density at radius 2 is 1.86 bits per heavy atom. The molecule has 1 saturated carbocycles. The zero-order valence-corrected chi connectivity index (χ0v) is 16.2. The SMILES string of the molecule is CC(=O)c1ccc(-c2cc(-c3c(C)noc3C)cc3[nH]c(C4CC4)nc23)cc1. The molecule has 140 valence electrons. The third-order valence-corrected chi connectivity index (χ3v) is 5.49. The number of aromatic nitrogens is 3. The molecule has 1 aliphatic carbocycles. The molecule has 5 rings (SSSR count). The number of aromatic amines is 1. The van der Waals surface area contributed by atoms with Crippen LogP contribution >= 0.6 is 0 Å². The summed E-state index contributed by atoms with van der Waals surface area (Å²) in [6.07, 6.45) is 2.39. The van der Waals surface area contributed by atoms with Crippen LogP contribution in [-0.4, -0.2) is 20.9 Å². The number of H-pyrrole nitrogens is 1. The normalized spacial score (nSPS) is 14.0. The molecule has 2 aromatic carbocycles. The van der Waals surface area contributed by atoms with E-state index in [-0.39, 0.29) is 5.78 Å². The van der Waals surface area contributed by atoms with Crippen molar-refractivity contribution in [1.29, 1.82) is 0 Å². The van der Waals surface area contributed by atoms with Crippen LogP contribution < -0.4 is 0 Å². The highest BCUT2D eigenvalue weighted by Crippen LogP contribution is 2.41. The van der Waals surface area contributed by atoms with E-state index in [4.69, 9.17) is 9.51 Å². The van der Waals surface area contributed by atoms with Crippen LogP contribution in [0, 0.1) is 13.8 Å². The molecule has 0 amide bonds. The van der Waals surface area contributed by atoms with Gasteiger partial charge in [-0.1, -0.05) is 29.4 Å². The number of imidazole rings is 1. The Labute approximate surface area is 162 Å². The highest BCUT2D eigenvalue weighted by Gasteiger charge is 2.27. The molecule has 1 aliphatic rings. The van der Waals surface area contributed by atoms with Crippen molar-refractivity contribution in [1.82, 2.24) is 15.1 Å². The zero-order valence-electron chi connectivity index (χ0n) is 16.2. The number of ketones is 1. The summed E-state index contributed by atoms with van der Waals surface area (Å²) in [5.41, 5.74) is 7.73. The molecule has 1 fully saturated rings. The molecule has 0 radical (unpaired) electrons. The van der Waals surface area contributed by atoms with Gasteiger partial charge < -0.3 is 9.51 Å². The number of benzene rings is 2. The maximum Gasteiger partial charge on any atom is 0.159 e. The Kier molecular flexibility index (Phi) is 3.72. The van der Waals surface area contributed by atoms with E-state index in [0.29, 0.717) is 11.5 Å². The van der Waals surface area contributed by atoms with Gasteiger partial charge in [-0.2, -0.15) is 0 Å². The predicted octanol–water partition coefficient (Wildman–Crippen LogP) is 5.58. The lowest BCUT2D eigenvalue weighted by Crippen LogP contribution is -1.92. The number of carbonyl (C=O) groups excluding carboxylic acids is 1. The minimum absolute atomic E-state index is 0.0666. The molecule has 1 N–H and O–H groups in total. The maximum absolute atomic E-state index is 11.6. The quantitative estimate of drug-likeness (QED) is 0.475. The van der Waals surface area contributed by atoms with Crippen LogP contribution in [0.25, 0.3) is 33.3 Å². The van der Waals surface area contributed by atoms with E-state index in [1.807, 2.05) is 38.1 Å². The van der Waals surface area contributed by atoms with E-state index >= 15 is 0 Å². The van der Waals surface area contributed by atoms with E-state index in [1.165, 1.54) is 12.8 Å². The van der Waals surface area contributed by atoms with Gasteiger partial charge >= 0.3 is 0 Å². The van der Waals surface area contributed by atoms with Gasteiger partial charge in [0.15, 0.2) is 5.78 Å². The van der Waals surface area contributed by atoms with Gasteiger partial charge in [-0.05, 0) is 56.9 Å². The van der Waals surface area contributed by atoms with Crippen LogP contribution in [0.2, 0.25) is 0 Å². The third kappa shape index (κ3) is 2.74. The molecule has 2 aromatic heterocycles. The second-order valence-electron chi connectivity index (χ2n) is 7.65. The van der Waals surface area contributed by atoms with Crippen molar-refractivity contribution in [2.24, 2.45) is 0 Å². The van der Waals surface area contributed by atoms with Crippen molar-refractivity contribution in [3.05, 3.63) is 59.2 Å². The molecule has 0 unspecified atom stereocenters. The van der Waals surface area contributed by atoms with Crippen molar-refractivity contribution in [3.8, 4) is 22.3 Å². The summed E-state index contributed by atoms with van der Waals surface area (Å²) >= 11 is 0. The fourth-order valence-corrected chi connectivity index (χ4v) is 3.83. The summed E-state index contributed by atoms with van der Waals surface area (Å²) in [5, 5.41) is 4.11. The summed E-state index contributed by atoms with van der Waals surface area (Å²) in [4.78, 5) is 20.1. The first-order valence-corrected chi connectivity index (χ1v) is 9.59. The number of hydrogen-bond donors (Lipinski definition) is 1. The van der Waals surface area contributed by atoms with E-state index in [9.17, 15) is 4.79 Å². The summed E-state index contributed by atoms with van der Waals surface area (Å²) in [6, 6.07) is 12.0. The monoisotopic (exact) mass is 371 g/mol. The van der Waals surface area contributed by atoms with Crippen LogP contribution in [0.4, 0.5) is 0 Å². The first-order chi connectivity index (χ1) is 13.5. The fraction of sp³-hybridized carbons (Fsp3) is 0.261. The summed E-state index contributed by atoms with van der Waals surface area (Å²) in [6.45, 7) is 5.48. The van der Waals surface area contributed by atoms with E-state index in [1.54, 1.807) is 6.92 Å². The van der Waals surface area contributed by atoms with Crippen LogP contribution in [0.3, 0.4) is 0 Å². The fourth-order valence-electron chi connectivity index (χ4n) is 3.83. The second-order valence-corrected chi connectivity index (χ2v) is 7.65. The molecule has 4 aromatic rings. The smallest absolute Gasteiger partial charge is 0.159 e. The molecule has 0 saturated heterocycles. The average Bonchev–Trinajstić information content (AvgIpc) is 3.36. The van der Waals surface area contributed by atoms with E-state index in [2.05, 4.69) is 22.3 Å². The Hall–Kier alpha value is -3.21. The van der Waals surface area contributed by atoms with Crippen molar-refractivity contribution < 1.29 is 9.32 Å². The van der Waals surface area contributed by atoms with Gasteiger partial charge in [0, 0.05) is 22.6 Å². The maximum atomic E-state index is 11.6. The lowest BCUT2D eigenvalue weighted by atomic mass is 9.96. The Balaban J connectivity index is 1.74. The number of nitrogens with one attached hydrogen (secondary N) is 1. The van der Waals surface area contributed by atoms with E-state index < -0.39 is 0 Å². The zero-order chi connectivity index (χ0) is 19.4. The van der Waals surface area contributed by atoms with Crippen molar-refractivity contribution in [2.45, 2.75) is 39.5 Å². The summed E-state index contributed by atoms with van der Waals surface area (Å²) < 4.78 is 5.39. The molecule has 5 nitrogen and oxygen atoms in total. The summed E-state index contributed by atoms with van der Waals surface area (Å²) in [5.74, 6) is 2.48. The molecule has 28 heavy (non-hydrogen) atoms. The number of aryl methyl sites for hydroxylation is 2. The van der Waals surface area contributed by atoms with Crippen molar-refractivity contribution in [2.75, 3.05) is 0 Å². The van der Waals surface area contributed by atoms with Gasteiger partial charge in [0.2, 0.25) is 0 Å². The van der Waals surface area contributed by atoms with Crippen molar-refractivity contribution >= 4 is 16.8 Å². The molecular formula is C23H21N3O2. The number of carbonyl (C=O) groups is 1. The Morgan fingerprint density at radius 1 is 1.11 bits per heavy atom. The Morgan fingerprint density at radius 3 is 2.46 bits per heavy atom. The standard InChI is InChI=1S/C23H21N3O2/c1-12-21(14(3)28-26-12)18-10-19(16-6-4-15(5-7-16)13(2)27)22-20(11-18)24-23(25-22)17-8-9-17/h4-7,10-11,17H,8-9H2,1-3H3,(H,24,25). The predicted molar refractivity (Wildman–Crippen MR) is 108 cm³/mol. The van der Waals surface area contributed by atoms with Gasteiger partial charge in [-0.3, -0.25) is 4.79 Å². The highest BCUT2D eigenvalue weighted by molar-refractivity contribution is 5.98. The van der Waals surface area contributed by atoms with Crippen LogP contribution in [0.1, 0.15) is 53.3 Å². The first kappa shape index (κ1) is 16.9. The molecular weight excluding hydrogens is 350 g/mol. The first-order valence-electron chi connectivity index (χ1n) is 9.59. The minimum atomic E-state index is 0.0666. The van der Waals surface area contributed by atoms with Crippen molar-refractivity contribution in [3.63, 3.8) is 0 Å². The number of nitrogens with zero attached hydrogens (tertiary/aromatic N) is 2. The van der Waals surface area contributed by atoms with Crippen LogP contribution in [0.15, 0.2) is 40.9 Å². The molecule has 0 spiro atoms. The Bertz CT molecular complexity index is 1190. The van der Waals surface area contributed by atoms with Gasteiger partial charge in [-0.25, -0.2) is 4.98 Å². The number of hydrogen-bond acceptors (Lipinski definition) is 4. The van der Waals surface area contributed by atoms with E-state index in [0.717, 1.165) is 50.6 Å². The molecule has 2 heterocycles. The van der Waals surface area contributed by atoms with Crippen LogP contribution in [-0.2, 0) is 0 Å². The van der Waals surface area contributed by atoms with Crippen LogP contribution in [0.5, 0.6) is 0 Å². The number of Topliss-reactive ketones (excluding diaryl/α,β-unsaturated/α-hetero) is 1. The number of rotatable bonds is 4. The molecule has 0 bridgehead atoms. The van der Waals surface area contributed by atoms with Gasteiger partial charge in [0.05, 0.1) is 16.7 Å². The molecule has 5 heteroatoms. The number of fused-ring (bicyclic) bond motifs is 1. The molecule has 0 aliphatic heterocycles.